The van der Waals surface area contributed by atoms with Crippen LogP contribution in [0.2, 0.25) is 0 Å². The largest absolute Gasteiger partial charge is 0.352 e. The molecule has 1 fully saturated rings. The maximum Gasteiger partial charge on any atom is 0.221 e. The molecule has 2 rings (SSSR count). The molecule has 0 aliphatic heterocycles. The van der Waals surface area contributed by atoms with E-state index in [1.807, 2.05) is 6.07 Å². The van der Waals surface area contributed by atoms with E-state index in [0.29, 0.717) is 24.4 Å². The molecule has 3 N–H and O–H groups in total. The first-order valence-corrected chi connectivity index (χ1v) is 6.33. The smallest absolute Gasteiger partial charge is 0.221 e. The number of benzene rings is 1. The summed E-state index contributed by atoms with van der Waals surface area (Å²) in [5, 5.41) is 2.77. The van der Waals surface area contributed by atoms with Gasteiger partial charge in [0.1, 0.15) is 5.82 Å². The molecule has 0 heterocycles. The standard InChI is InChI=1S/C14H19FN2O/c1-9-2-3-10(6-12(9)15)8-17-14(18)7-13(16)11-4-5-11/h2-3,6,11,13H,4-5,7-8,16H2,1H3,(H,17,18). The van der Waals surface area contributed by atoms with Crippen LogP contribution < -0.4 is 11.1 Å². The summed E-state index contributed by atoms with van der Waals surface area (Å²) in [5.74, 6) is 0.222. The molecule has 0 aromatic heterocycles. The number of halogens is 1. The van der Waals surface area contributed by atoms with E-state index in [1.165, 1.54) is 6.07 Å². The third-order valence-corrected chi connectivity index (χ3v) is 3.37. The molecule has 4 heteroatoms. The highest BCUT2D eigenvalue weighted by molar-refractivity contribution is 5.76. The summed E-state index contributed by atoms with van der Waals surface area (Å²) in [4.78, 5) is 11.6. The van der Waals surface area contributed by atoms with Gasteiger partial charge in [-0.05, 0) is 42.9 Å². The van der Waals surface area contributed by atoms with Gasteiger partial charge in [0.05, 0.1) is 0 Å². The van der Waals surface area contributed by atoms with Crippen LogP contribution in [0.5, 0.6) is 0 Å². The molecule has 1 atom stereocenters. The van der Waals surface area contributed by atoms with E-state index in [-0.39, 0.29) is 17.8 Å². The van der Waals surface area contributed by atoms with E-state index in [4.69, 9.17) is 5.73 Å². The van der Waals surface area contributed by atoms with E-state index >= 15 is 0 Å². The fraction of sp³-hybridized carbons (Fsp3) is 0.500. The van der Waals surface area contributed by atoms with E-state index in [9.17, 15) is 9.18 Å². The van der Waals surface area contributed by atoms with Crippen molar-refractivity contribution in [3.63, 3.8) is 0 Å². The Morgan fingerprint density at radius 1 is 1.56 bits per heavy atom. The van der Waals surface area contributed by atoms with Crippen LogP contribution in [0.15, 0.2) is 18.2 Å². The van der Waals surface area contributed by atoms with Gasteiger partial charge in [-0.25, -0.2) is 4.39 Å². The van der Waals surface area contributed by atoms with Gasteiger partial charge in [0.15, 0.2) is 0 Å². The zero-order chi connectivity index (χ0) is 13.1. The first-order chi connectivity index (χ1) is 8.56. The third-order valence-electron chi connectivity index (χ3n) is 3.37. The van der Waals surface area contributed by atoms with Crippen molar-refractivity contribution in [1.82, 2.24) is 5.32 Å². The topological polar surface area (TPSA) is 55.1 Å². The highest BCUT2D eigenvalue weighted by atomic mass is 19.1. The van der Waals surface area contributed by atoms with Gasteiger partial charge in [0, 0.05) is 19.0 Å². The van der Waals surface area contributed by atoms with Crippen LogP contribution in [-0.4, -0.2) is 11.9 Å². The molecule has 1 saturated carbocycles. The van der Waals surface area contributed by atoms with Gasteiger partial charge in [-0.3, -0.25) is 4.79 Å². The average molecular weight is 250 g/mol. The Kier molecular flexibility index (Phi) is 3.97. The zero-order valence-electron chi connectivity index (χ0n) is 10.6. The average Bonchev–Trinajstić information content (AvgIpc) is 3.14. The van der Waals surface area contributed by atoms with Crippen molar-refractivity contribution >= 4 is 5.91 Å². The number of carbonyl (C=O) groups excluding carboxylic acids is 1. The summed E-state index contributed by atoms with van der Waals surface area (Å²) < 4.78 is 13.3. The minimum Gasteiger partial charge on any atom is -0.352 e. The maximum atomic E-state index is 13.3. The summed E-state index contributed by atoms with van der Waals surface area (Å²) >= 11 is 0. The summed E-state index contributed by atoms with van der Waals surface area (Å²) in [7, 11) is 0. The van der Waals surface area contributed by atoms with Gasteiger partial charge in [0.2, 0.25) is 5.91 Å². The maximum absolute atomic E-state index is 13.3. The number of nitrogens with one attached hydrogen (secondary N) is 1. The number of hydrogen-bond donors (Lipinski definition) is 2. The van der Waals surface area contributed by atoms with Crippen LogP contribution >= 0.6 is 0 Å². The van der Waals surface area contributed by atoms with Crippen LogP contribution in [0.25, 0.3) is 0 Å². The van der Waals surface area contributed by atoms with Crippen molar-refractivity contribution < 1.29 is 9.18 Å². The second-order valence-corrected chi connectivity index (χ2v) is 5.07. The number of nitrogens with two attached hydrogens (primary N) is 1. The third kappa shape index (κ3) is 3.53. The van der Waals surface area contributed by atoms with Gasteiger partial charge >= 0.3 is 0 Å². The highest BCUT2D eigenvalue weighted by Gasteiger charge is 2.29. The lowest BCUT2D eigenvalue weighted by Gasteiger charge is -2.10. The number of amides is 1. The van der Waals surface area contributed by atoms with E-state index in [1.54, 1.807) is 13.0 Å². The van der Waals surface area contributed by atoms with Gasteiger partial charge in [0.25, 0.3) is 0 Å². The lowest BCUT2D eigenvalue weighted by molar-refractivity contribution is -0.121. The SMILES string of the molecule is Cc1ccc(CNC(=O)CC(N)C2CC2)cc1F. The van der Waals surface area contributed by atoms with E-state index in [2.05, 4.69) is 5.32 Å². The van der Waals surface area contributed by atoms with Crippen LogP contribution in [0, 0.1) is 18.7 Å². The van der Waals surface area contributed by atoms with E-state index in [0.717, 1.165) is 18.4 Å². The Labute approximate surface area is 107 Å². The molecule has 0 bridgehead atoms. The van der Waals surface area contributed by atoms with Gasteiger partial charge in [-0.2, -0.15) is 0 Å². The summed E-state index contributed by atoms with van der Waals surface area (Å²) in [6, 6.07) is 4.96. The Morgan fingerprint density at radius 3 is 2.89 bits per heavy atom. The van der Waals surface area contributed by atoms with Crippen molar-refractivity contribution in [1.29, 1.82) is 0 Å². The van der Waals surface area contributed by atoms with Crippen molar-refractivity contribution in [2.24, 2.45) is 11.7 Å². The number of rotatable bonds is 5. The molecule has 1 aliphatic carbocycles. The van der Waals surface area contributed by atoms with Crippen molar-refractivity contribution in [2.45, 2.75) is 38.8 Å². The molecule has 1 aromatic rings. The normalized spacial score (nSPS) is 16.4. The molecule has 18 heavy (non-hydrogen) atoms. The van der Waals surface area contributed by atoms with E-state index < -0.39 is 0 Å². The number of aryl methyl sites for hydroxylation is 1. The summed E-state index contributed by atoms with van der Waals surface area (Å²) in [6.45, 7) is 2.07. The molecular formula is C14H19FN2O. The second kappa shape index (κ2) is 5.48. The van der Waals surface area contributed by atoms with Crippen LogP contribution in [0.1, 0.15) is 30.4 Å². The van der Waals surface area contributed by atoms with Crippen LogP contribution in [-0.2, 0) is 11.3 Å². The molecule has 1 unspecified atom stereocenters. The Hall–Kier alpha value is -1.42. The fourth-order valence-electron chi connectivity index (χ4n) is 1.92. The molecule has 0 radical (unpaired) electrons. The highest BCUT2D eigenvalue weighted by Crippen LogP contribution is 2.32. The Balaban J connectivity index is 1.79. The quantitative estimate of drug-likeness (QED) is 0.838. The number of carbonyl (C=O) groups is 1. The predicted molar refractivity (Wildman–Crippen MR) is 68.3 cm³/mol. The molecule has 1 aromatic carbocycles. The molecule has 98 valence electrons. The van der Waals surface area contributed by atoms with Gasteiger partial charge in [-0.1, -0.05) is 12.1 Å². The molecule has 0 spiro atoms. The van der Waals surface area contributed by atoms with Crippen molar-refractivity contribution in [2.75, 3.05) is 0 Å². The molecule has 1 amide bonds. The van der Waals surface area contributed by atoms with Crippen LogP contribution in [0.3, 0.4) is 0 Å². The number of hydrogen-bond acceptors (Lipinski definition) is 2. The predicted octanol–water partition coefficient (Wildman–Crippen LogP) is 1.88. The second-order valence-electron chi connectivity index (χ2n) is 5.07. The monoisotopic (exact) mass is 250 g/mol. The lowest BCUT2D eigenvalue weighted by Crippen LogP contribution is -2.32. The molecular weight excluding hydrogens is 231 g/mol. The van der Waals surface area contributed by atoms with Crippen molar-refractivity contribution in [3.05, 3.63) is 35.1 Å². The minimum absolute atomic E-state index is 0.0280. The Morgan fingerprint density at radius 2 is 2.28 bits per heavy atom. The summed E-state index contributed by atoms with van der Waals surface area (Å²) in [5.41, 5.74) is 7.25. The van der Waals surface area contributed by atoms with Crippen molar-refractivity contribution in [3.8, 4) is 0 Å². The van der Waals surface area contributed by atoms with Gasteiger partial charge in [-0.15, -0.1) is 0 Å². The molecule has 0 saturated heterocycles. The first kappa shape index (κ1) is 13.0. The zero-order valence-corrected chi connectivity index (χ0v) is 10.6. The van der Waals surface area contributed by atoms with Crippen LogP contribution in [0.4, 0.5) is 4.39 Å². The molecule has 3 nitrogen and oxygen atoms in total. The fourth-order valence-corrected chi connectivity index (χ4v) is 1.92. The first-order valence-electron chi connectivity index (χ1n) is 6.33. The molecule has 1 aliphatic rings. The summed E-state index contributed by atoms with van der Waals surface area (Å²) in [6.07, 6.45) is 2.63. The van der Waals surface area contributed by atoms with Gasteiger partial charge < -0.3 is 11.1 Å². The lowest BCUT2D eigenvalue weighted by atomic mass is 10.1. The Bertz CT molecular complexity index is 443. The minimum atomic E-state index is -0.239.